The monoisotopic (exact) mass is 355 g/mol. The minimum atomic E-state index is -0.400. The second-order valence-corrected chi connectivity index (χ2v) is 6.51. The van der Waals surface area contributed by atoms with Gasteiger partial charge in [-0.15, -0.1) is 0 Å². The van der Waals surface area contributed by atoms with E-state index in [1.807, 2.05) is 54.6 Å². The molecule has 2 atom stereocenters. The van der Waals surface area contributed by atoms with Gasteiger partial charge in [-0.25, -0.2) is 10.3 Å². The van der Waals surface area contributed by atoms with Gasteiger partial charge in [0.25, 0.3) is 0 Å². The van der Waals surface area contributed by atoms with Crippen molar-refractivity contribution in [1.82, 2.24) is 5.48 Å². The molecule has 2 aromatic rings. The minimum Gasteiger partial charge on any atom is -0.372 e. The number of anilines is 2. The van der Waals surface area contributed by atoms with Crippen LogP contribution in [0.3, 0.4) is 0 Å². The molecule has 2 unspecified atom stereocenters. The van der Waals surface area contributed by atoms with Crippen molar-refractivity contribution in [2.24, 2.45) is 0 Å². The molecule has 3 rings (SSSR count). The third-order valence-electron chi connectivity index (χ3n) is 4.16. The van der Waals surface area contributed by atoms with E-state index < -0.39 is 6.03 Å². The molecule has 2 amide bonds. The Balaban J connectivity index is 1.58. The Morgan fingerprint density at radius 2 is 1.73 bits per heavy atom. The van der Waals surface area contributed by atoms with E-state index in [1.165, 1.54) is 0 Å². The summed E-state index contributed by atoms with van der Waals surface area (Å²) >= 11 is 0. The zero-order valence-corrected chi connectivity index (χ0v) is 15.1. The lowest BCUT2D eigenvalue weighted by molar-refractivity contribution is -0.00517. The Kier molecular flexibility index (Phi) is 6.09. The smallest absolute Gasteiger partial charge is 0.343 e. The summed E-state index contributed by atoms with van der Waals surface area (Å²) in [5.41, 5.74) is 5.15. The van der Waals surface area contributed by atoms with E-state index in [2.05, 4.69) is 29.5 Å². The van der Waals surface area contributed by atoms with E-state index in [4.69, 9.17) is 9.57 Å². The molecular formula is C20H25N3O3. The first kappa shape index (κ1) is 18.2. The fourth-order valence-corrected chi connectivity index (χ4v) is 3.14. The Hall–Kier alpha value is -2.57. The summed E-state index contributed by atoms with van der Waals surface area (Å²) in [5.74, 6) is 0. The van der Waals surface area contributed by atoms with E-state index in [0.717, 1.165) is 30.0 Å². The Morgan fingerprint density at radius 3 is 2.46 bits per heavy atom. The molecule has 2 N–H and O–H groups in total. The SMILES string of the molecule is CC1CN(c2ccccc2NC(=O)NOCc2ccccc2)CC(C)O1. The molecule has 0 aliphatic carbocycles. The number of hydroxylamine groups is 1. The molecule has 1 saturated heterocycles. The molecule has 2 aromatic carbocycles. The largest absolute Gasteiger partial charge is 0.372 e. The fraction of sp³-hybridized carbons (Fsp3) is 0.350. The van der Waals surface area contributed by atoms with Gasteiger partial charge in [-0.2, -0.15) is 0 Å². The molecule has 6 heteroatoms. The van der Waals surface area contributed by atoms with Crippen molar-refractivity contribution in [1.29, 1.82) is 0 Å². The van der Waals surface area contributed by atoms with Crippen LogP contribution >= 0.6 is 0 Å². The summed E-state index contributed by atoms with van der Waals surface area (Å²) in [6.07, 6.45) is 0.296. The zero-order chi connectivity index (χ0) is 18.4. The maximum absolute atomic E-state index is 12.2. The highest BCUT2D eigenvalue weighted by atomic mass is 16.7. The first-order chi connectivity index (χ1) is 12.6. The average molecular weight is 355 g/mol. The number of benzene rings is 2. The third kappa shape index (κ3) is 4.97. The number of nitrogens with zero attached hydrogens (tertiary/aromatic N) is 1. The van der Waals surface area contributed by atoms with Crippen LogP contribution in [-0.4, -0.2) is 31.3 Å². The molecule has 0 saturated carbocycles. The summed E-state index contributed by atoms with van der Waals surface area (Å²) in [7, 11) is 0. The molecule has 0 bridgehead atoms. The van der Waals surface area contributed by atoms with Gasteiger partial charge in [0.1, 0.15) is 0 Å². The van der Waals surface area contributed by atoms with Gasteiger partial charge in [-0.1, -0.05) is 42.5 Å². The normalized spacial score (nSPS) is 19.8. The van der Waals surface area contributed by atoms with Crippen LogP contribution in [0.4, 0.5) is 16.2 Å². The predicted molar refractivity (Wildman–Crippen MR) is 102 cm³/mol. The van der Waals surface area contributed by atoms with Crippen LogP contribution in [0.1, 0.15) is 19.4 Å². The number of rotatable bonds is 5. The van der Waals surface area contributed by atoms with Crippen LogP contribution < -0.4 is 15.7 Å². The van der Waals surface area contributed by atoms with E-state index in [9.17, 15) is 4.79 Å². The predicted octanol–water partition coefficient (Wildman–Crippen LogP) is 3.55. The van der Waals surface area contributed by atoms with Crippen molar-refractivity contribution in [3.05, 3.63) is 60.2 Å². The molecule has 1 aliphatic rings. The number of hydrogen-bond donors (Lipinski definition) is 2. The molecule has 26 heavy (non-hydrogen) atoms. The van der Waals surface area contributed by atoms with Crippen LogP contribution in [0.25, 0.3) is 0 Å². The van der Waals surface area contributed by atoms with Gasteiger partial charge in [-0.3, -0.25) is 4.84 Å². The lowest BCUT2D eigenvalue weighted by Gasteiger charge is -2.37. The van der Waals surface area contributed by atoms with Crippen LogP contribution in [0.5, 0.6) is 0 Å². The molecule has 0 radical (unpaired) electrons. The summed E-state index contributed by atoms with van der Waals surface area (Å²) in [6.45, 7) is 6.00. The minimum absolute atomic E-state index is 0.148. The number of carbonyl (C=O) groups is 1. The molecule has 1 fully saturated rings. The van der Waals surface area contributed by atoms with Crippen molar-refractivity contribution in [2.75, 3.05) is 23.3 Å². The van der Waals surface area contributed by atoms with Crippen molar-refractivity contribution in [2.45, 2.75) is 32.7 Å². The van der Waals surface area contributed by atoms with Gasteiger partial charge in [0.15, 0.2) is 0 Å². The lowest BCUT2D eigenvalue weighted by atomic mass is 10.1. The quantitative estimate of drug-likeness (QED) is 0.805. The van der Waals surface area contributed by atoms with Gasteiger partial charge >= 0.3 is 6.03 Å². The van der Waals surface area contributed by atoms with Gasteiger partial charge in [0, 0.05) is 13.1 Å². The number of carbonyl (C=O) groups excluding carboxylic acids is 1. The molecule has 1 aliphatic heterocycles. The van der Waals surface area contributed by atoms with Crippen molar-refractivity contribution in [3.8, 4) is 0 Å². The summed E-state index contributed by atoms with van der Waals surface area (Å²) in [4.78, 5) is 19.7. The standard InChI is InChI=1S/C20H25N3O3/c1-15-12-23(13-16(2)26-15)19-11-7-6-10-18(19)21-20(24)22-25-14-17-8-4-3-5-9-17/h3-11,15-16H,12-14H2,1-2H3,(H2,21,22,24). The number of hydrogen-bond acceptors (Lipinski definition) is 4. The van der Waals surface area contributed by atoms with Crippen LogP contribution in [0.15, 0.2) is 54.6 Å². The van der Waals surface area contributed by atoms with Crippen LogP contribution in [0.2, 0.25) is 0 Å². The molecule has 0 spiro atoms. The topological polar surface area (TPSA) is 62.8 Å². The second-order valence-electron chi connectivity index (χ2n) is 6.51. The van der Waals surface area contributed by atoms with Crippen molar-refractivity contribution < 1.29 is 14.4 Å². The number of amides is 2. The number of para-hydroxylation sites is 2. The van der Waals surface area contributed by atoms with E-state index in [1.54, 1.807) is 0 Å². The second kappa shape index (κ2) is 8.69. The van der Waals surface area contributed by atoms with Crippen molar-refractivity contribution >= 4 is 17.4 Å². The van der Waals surface area contributed by atoms with E-state index in [0.29, 0.717) is 6.61 Å². The molecule has 0 aromatic heterocycles. The number of nitrogens with one attached hydrogen (secondary N) is 2. The van der Waals surface area contributed by atoms with Gasteiger partial charge in [0.05, 0.1) is 30.2 Å². The Labute approximate surface area is 154 Å². The highest BCUT2D eigenvalue weighted by Crippen LogP contribution is 2.28. The number of morpholine rings is 1. The molecule has 138 valence electrons. The highest BCUT2D eigenvalue weighted by molar-refractivity contribution is 5.92. The Bertz CT molecular complexity index is 713. The fourth-order valence-electron chi connectivity index (χ4n) is 3.14. The van der Waals surface area contributed by atoms with E-state index in [-0.39, 0.29) is 12.2 Å². The van der Waals surface area contributed by atoms with Crippen molar-refractivity contribution in [3.63, 3.8) is 0 Å². The maximum Gasteiger partial charge on any atom is 0.343 e. The van der Waals surface area contributed by atoms with Crippen LogP contribution in [0, 0.1) is 0 Å². The third-order valence-corrected chi connectivity index (χ3v) is 4.16. The van der Waals surface area contributed by atoms with E-state index >= 15 is 0 Å². The number of ether oxygens (including phenoxy) is 1. The Morgan fingerprint density at radius 1 is 1.08 bits per heavy atom. The first-order valence-electron chi connectivity index (χ1n) is 8.84. The highest BCUT2D eigenvalue weighted by Gasteiger charge is 2.24. The van der Waals surface area contributed by atoms with Crippen LogP contribution in [-0.2, 0) is 16.2 Å². The van der Waals surface area contributed by atoms with Gasteiger partial charge < -0.3 is 15.0 Å². The zero-order valence-electron chi connectivity index (χ0n) is 15.1. The van der Waals surface area contributed by atoms with Gasteiger partial charge in [-0.05, 0) is 31.5 Å². The summed E-state index contributed by atoms with van der Waals surface area (Å²) in [5, 5.41) is 2.87. The first-order valence-corrected chi connectivity index (χ1v) is 8.84. The molecule has 1 heterocycles. The number of urea groups is 1. The summed E-state index contributed by atoms with van der Waals surface area (Å²) < 4.78 is 5.79. The molecular weight excluding hydrogens is 330 g/mol. The average Bonchev–Trinajstić information content (AvgIpc) is 2.62. The molecule has 6 nitrogen and oxygen atoms in total. The van der Waals surface area contributed by atoms with Gasteiger partial charge in [0.2, 0.25) is 0 Å². The maximum atomic E-state index is 12.2. The lowest BCUT2D eigenvalue weighted by Crippen LogP contribution is -2.45. The summed E-state index contributed by atoms with van der Waals surface area (Å²) in [6, 6.07) is 17.0.